The molecule has 0 fully saturated rings. The van der Waals surface area contributed by atoms with Crippen molar-refractivity contribution in [1.82, 2.24) is 19.6 Å². The summed E-state index contributed by atoms with van der Waals surface area (Å²) in [5, 5.41) is 6.55. The Morgan fingerprint density at radius 2 is 2.00 bits per heavy atom. The minimum absolute atomic E-state index is 0.860. The summed E-state index contributed by atoms with van der Waals surface area (Å²) in [6.45, 7) is 0. The molecule has 4 rings (SSSR count). The Kier molecular flexibility index (Phi) is 1.28. The van der Waals surface area contributed by atoms with Crippen molar-refractivity contribution >= 4 is 27.6 Å². The third-order valence-electron chi connectivity index (χ3n) is 2.89. The minimum atomic E-state index is 0.860. The van der Waals surface area contributed by atoms with Crippen LogP contribution in [0, 0.1) is 0 Å². The largest absolute Gasteiger partial charge is 0.339 e. The van der Waals surface area contributed by atoms with Gasteiger partial charge in [0.05, 0.1) is 6.20 Å². The van der Waals surface area contributed by atoms with Crippen LogP contribution in [0.5, 0.6) is 0 Å². The van der Waals surface area contributed by atoms with Crippen LogP contribution in [0.4, 0.5) is 0 Å². The Morgan fingerprint density at radius 3 is 3.00 bits per heavy atom. The highest BCUT2D eigenvalue weighted by Crippen LogP contribution is 2.24. The van der Waals surface area contributed by atoms with Crippen LogP contribution in [0.25, 0.3) is 27.6 Å². The molecule has 0 radical (unpaired) electrons. The van der Waals surface area contributed by atoms with Gasteiger partial charge in [0, 0.05) is 28.6 Å². The maximum absolute atomic E-state index is 4.37. The summed E-state index contributed by atoms with van der Waals surface area (Å²) in [6.07, 6.45) is 3.65. The SMILES string of the molecule is c1ccc2c(c1)[nH]c1c2cnc2ccnn21. The Labute approximate surface area is 90.5 Å². The van der Waals surface area contributed by atoms with Crippen LogP contribution in [0.3, 0.4) is 0 Å². The molecule has 0 atom stereocenters. The monoisotopic (exact) mass is 208 g/mol. The number of rotatable bonds is 0. The fourth-order valence-electron chi connectivity index (χ4n) is 2.14. The summed E-state index contributed by atoms with van der Waals surface area (Å²) in [7, 11) is 0. The van der Waals surface area contributed by atoms with E-state index in [0.717, 1.165) is 22.2 Å². The first-order chi connectivity index (χ1) is 7.93. The van der Waals surface area contributed by atoms with Gasteiger partial charge in [-0.2, -0.15) is 9.61 Å². The van der Waals surface area contributed by atoms with Gasteiger partial charge in [0.25, 0.3) is 0 Å². The molecule has 4 heteroatoms. The molecule has 0 aliphatic heterocycles. The van der Waals surface area contributed by atoms with E-state index in [1.807, 2.05) is 28.9 Å². The van der Waals surface area contributed by atoms with E-state index in [0.29, 0.717) is 0 Å². The number of hydrogen-bond acceptors (Lipinski definition) is 2. The van der Waals surface area contributed by atoms with Crippen molar-refractivity contribution in [2.75, 3.05) is 0 Å². The number of benzene rings is 1. The summed E-state index contributed by atoms with van der Waals surface area (Å²) in [5.41, 5.74) is 2.97. The third-order valence-corrected chi connectivity index (χ3v) is 2.89. The van der Waals surface area contributed by atoms with E-state index in [4.69, 9.17) is 0 Å². The van der Waals surface area contributed by atoms with Crippen molar-refractivity contribution < 1.29 is 0 Å². The lowest BCUT2D eigenvalue weighted by Crippen LogP contribution is -1.90. The number of fused-ring (bicyclic) bond motifs is 5. The van der Waals surface area contributed by atoms with Gasteiger partial charge in [0.1, 0.15) is 5.65 Å². The standard InChI is InChI=1S/C12H8N4/c1-2-4-10-8(3-1)9-7-13-11-5-6-14-16(11)12(9)15-10/h1-7,15H. The average molecular weight is 208 g/mol. The summed E-state index contributed by atoms with van der Waals surface area (Å²) < 4.78 is 1.83. The smallest absolute Gasteiger partial charge is 0.157 e. The van der Waals surface area contributed by atoms with E-state index < -0.39 is 0 Å². The summed E-state index contributed by atoms with van der Waals surface area (Å²) >= 11 is 0. The number of aromatic nitrogens is 4. The highest BCUT2D eigenvalue weighted by Gasteiger charge is 2.07. The van der Waals surface area contributed by atoms with Crippen molar-refractivity contribution in [3.8, 4) is 0 Å². The molecule has 3 aromatic heterocycles. The molecule has 0 saturated heterocycles. The fourth-order valence-corrected chi connectivity index (χ4v) is 2.14. The second-order valence-corrected chi connectivity index (χ2v) is 3.79. The number of aromatic amines is 1. The Morgan fingerprint density at radius 1 is 1.06 bits per heavy atom. The number of para-hydroxylation sites is 1. The molecule has 0 unspecified atom stereocenters. The molecular weight excluding hydrogens is 200 g/mol. The van der Waals surface area contributed by atoms with Crippen LogP contribution >= 0.6 is 0 Å². The zero-order valence-electron chi connectivity index (χ0n) is 8.38. The maximum atomic E-state index is 4.37. The van der Waals surface area contributed by atoms with Gasteiger partial charge in [0.2, 0.25) is 0 Å². The van der Waals surface area contributed by atoms with Gasteiger partial charge in [-0.15, -0.1) is 0 Å². The number of hydrogen-bond donors (Lipinski definition) is 1. The maximum Gasteiger partial charge on any atom is 0.157 e. The van der Waals surface area contributed by atoms with Crippen LogP contribution in [0.15, 0.2) is 42.7 Å². The first-order valence-corrected chi connectivity index (χ1v) is 5.13. The lowest BCUT2D eigenvalue weighted by atomic mass is 10.2. The van der Waals surface area contributed by atoms with E-state index in [-0.39, 0.29) is 0 Å². The van der Waals surface area contributed by atoms with E-state index in [2.05, 4.69) is 27.2 Å². The predicted octanol–water partition coefficient (Wildman–Crippen LogP) is 2.36. The van der Waals surface area contributed by atoms with Gasteiger partial charge in [-0.1, -0.05) is 18.2 Å². The predicted molar refractivity (Wildman–Crippen MR) is 62.3 cm³/mol. The van der Waals surface area contributed by atoms with E-state index in [1.165, 1.54) is 5.39 Å². The first kappa shape index (κ1) is 7.87. The highest BCUT2D eigenvalue weighted by molar-refractivity contribution is 6.05. The van der Waals surface area contributed by atoms with Crippen molar-refractivity contribution in [3.05, 3.63) is 42.7 Å². The number of nitrogens with one attached hydrogen (secondary N) is 1. The van der Waals surface area contributed by atoms with E-state index >= 15 is 0 Å². The highest BCUT2D eigenvalue weighted by atomic mass is 15.3. The van der Waals surface area contributed by atoms with Crippen LogP contribution in [-0.2, 0) is 0 Å². The second kappa shape index (κ2) is 2.61. The van der Waals surface area contributed by atoms with Crippen molar-refractivity contribution in [2.45, 2.75) is 0 Å². The number of nitrogens with zero attached hydrogens (tertiary/aromatic N) is 3. The van der Waals surface area contributed by atoms with Crippen molar-refractivity contribution in [1.29, 1.82) is 0 Å². The summed E-state index contributed by atoms with van der Waals surface area (Å²) in [4.78, 5) is 7.74. The van der Waals surface area contributed by atoms with Crippen LogP contribution in [-0.4, -0.2) is 19.6 Å². The fraction of sp³-hybridized carbons (Fsp3) is 0. The van der Waals surface area contributed by atoms with Gasteiger partial charge in [0.15, 0.2) is 5.65 Å². The average Bonchev–Trinajstić information content (AvgIpc) is 2.92. The molecule has 0 aliphatic rings. The van der Waals surface area contributed by atoms with Gasteiger partial charge in [-0.3, -0.25) is 0 Å². The summed E-state index contributed by atoms with van der Waals surface area (Å²) in [6, 6.07) is 10.1. The van der Waals surface area contributed by atoms with Gasteiger partial charge in [-0.25, -0.2) is 4.98 Å². The van der Waals surface area contributed by atoms with Gasteiger partial charge >= 0.3 is 0 Å². The Bertz CT molecular complexity index is 809. The lowest BCUT2D eigenvalue weighted by molar-refractivity contribution is 0.971. The van der Waals surface area contributed by atoms with E-state index in [1.54, 1.807) is 6.20 Å². The molecule has 76 valence electrons. The van der Waals surface area contributed by atoms with Crippen molar-refractivity contribution in [2.24, 2.45) is 0 Å². The molecular formula is C12H8N4. The van der Waals surface area contributed by atoms with Crippen LogP contribution in [0.2, 0.25) is 0 Å². The molecule has 4 nitrogen and oxygen atoms in total. The second-order valence-electron chi connectivity index (χ2n) is 3.79. The molecule has 1 aromatic carbocycles. The first-order valence-electron chi connectivity index (χ1n) is 5.13. The van der Waals surface area contributed by atoms with Gasteiger partial charge in [-0.05, 0) is 6.07 Å². The molecule has 4 aromatic rings. The molecule has 0 spiro atoms. The normalized spacial score (nSPS) is 11.8. The molecule has 1 N–H and O–H groups in total. The topological polar surface area (TPSA) is 46.0 Å². The quantitative estimate of drug-likeness (QED) is 0.482. The molecule has 0 bridgehead atoms. The lowest BCUT2D eigenvalue weighted by Gasteiger charge is -1.93. The Hall–Kier alpha value is -2.36. The third kappa shape index (κ3) is 0.839. The Balaban J connectivity index is 2.38. The van der Waals surface area contributed by atoms with Crippen molar-refractivity contribution in [3.63, 3.8) is 0 Å². The van der Waals surface area contributed by atoms with Crippen LogP contribution < -0.4 is 0 Å². The molecule has 0 aliphatic carbocycles. The zero-order chi connectivity index (χ0) is 10.5. The minimum Gasteiger partial charge on any atom is -0.339 e. The molecule has 16 heavy (non-hydrogen) atoms. The molecule has 0 saturated carbocycles. The van der Waals surface area contributed by atoms with E-state index in [9.17, 15) is 0 Å². The van der Waals surface area contributed by atoms with Gasteiger partial charge < -0.3 is 4.98 Å². The zero-order valence-corrected chi connectivity index (χ0v) is 8.38. The molecule has 0 amide bonds. The summed E-state index contributed by atoms with van der Waals surface area (Å²) in [5.74, 6) is 0. The van der Waals surface area contributed by atoms with Crippen LogP contribution in [0.1, 0.15) is 0 Å². The molecule has 3 heterocycles. The number of H-pyrrole nitrogens is 1.